The molecule has 2 aromatic rings. The van der Waals surface area contributed by atoms with Gasteiger partial charge in [0.1, 0.15) is 17.5 Å². The van der Waals surface area contributed by atoms with Crippen molar-refractivity contribution in [3.63, 3.8) is 0 Å². The van der Waals surface area contributed by atoms with Crippen LogP contribution in [0.5, 0.6) is 0 Å². The molecule has 2 rings (SSSR count). The number of esters is 1. The fourth-order valence-corrected chi connectivity index (χ4v) is 1.96. The molecule has 0 aliphatic heterocycles. The maximum Gasteiger partial charge on any atom is 0.360 e. The van der Waals surface area contributed by atoms with Crippen LogP contribution in [-0.2, 0) is 17.7 Å². The van der Waals surface area contributed by atoms with Crippen LogP contribution in [0.2, 0.25) is 0 Å². The number of aryl methyl sites for hydroxylation is 2. The standard InChI is InChI=1S/C13H17N5O2/c1-4-10-17-11(13(19)20-3)12(14)18(10)7-9-5-6-15-8(2)16-9/h5-6H,4,7,14H2,1-3H3. The van der Waals surface area contributed by atoms with Crippen molar-refractivity contribution in [1.29, 1.82) is 0 Å². The van der Waals surface area contributed by atoms with Gasteiger partial charge in [0.25, 0.3) is 0 Å². The average Bonchev–Trinajstić information content (AvgIpc) is 2.75. The number of rotatable bonds is 4. The van der Waals surface area contributed by atoms with E-state index in [0.29, 0.717) is 24.6 Å². The Morgan fingerprint density at radius 1 is 1.45 bits per heavy atom. The van der Waals surface area contributed by atoms with Crippen molar-refractivity contribution in [3.05, 3.63) is 35.3 Å². The first kappa shape index (κ1) is 14.0. The number of methoxy groups -OCH3 is 1. The monoisotopic (exact) mass is 275 g/mol. The molecule has 0 saturated carbocycles. The van der Waals surface area contributed by atoms with E-state index in [1.165, 1.54) is 7.11 Å². The number of imidazole rings is 1. The Balaban J connectivity index is 2.40. The molecule has 0 amide bonds. The fourth-order valence-electron chi connectivity index (χ4n) is 1.96. The Morgan fingerprint density at radius 3 is 2.80 bits per heavy atom. The summed E-state index contributed by atoms with van der Waals surface area (Å²) >= 11 is 0. The van der Waals surface area contributed by atoms with Gasteiger partial charge in [0.05, 0.1) is 19.3 Å². The summed E-state index contributed by atoms with van der Waals surface area (Å²) in [5.41, 5.74) is 6.96. The van der Waals surface area contributed by atoms with Gasteiger partial charge in [-0.2, -0.15) is 0 Å². The molecule has 0 bridgehead atoms. The lowest BCUT2D eigenvalue weighted by Crippen LogP contribution is -2.11. The SMILES string of the molecule is CCc1nc(C(=O)OC)c(N)n1Cc1ccnc(C)n1. The van der Waals surface area contributed by atoms with Gasteiger partial charge in [-0.3, -0.25) is 0 Å². The fraction of sp³-hybridized carbons (Fsp3) is 0.385. The molecule has 2 aromatic heterocycles. The predicted molar refractivity (Wildman–Crippen MR) is 73.2 cm³/mol. The summed E-state index contributed by atoms with van der Waals surface area (Å²) in [6.45, 7) is 4.22. The lowest BCUT2D eigenvalue weighted by molar-refractivity contribution is 0.0595. The summed E-state index contributed by atoms with van der Waals surface area (Å²) in [7, 11) is 1.31. The van der Waals surface area contributed by atoms with Crippen LogP contribution in [-0.4, -0.2) is 32.6 Å². The zero-order valence-corrected chi connectivity index (χ0v) is 11.8. The highest BCUT2D eigenvalue weighted by Gasteiger charge is 2.20. The number of carbonyl (C=O) groups is 1. The molecule has 0 aromatic carbocycles. The van der Waals surface area contributed by atoms with Gasteiger partial charge in [-0.05, 0) is 13.0 Å². The van der Waals surface area contributed by atoms with Crippen LogP contribution in [0.3, 0.4) is 0 Å². The van der Waals surface area contributed by atoms with Gasteiger partial charge in [0.2, 0.25) is 0 Å². The number of nitrogen functional groups attached to an aromatic ring is 1. The van der Waals surface area contributed by atoms with E-state index in [0.717, 1.165) is 11.5 Å². The highest BCUT2D eigenvalue weighted by atomic mass is 16.5. The molecule has 2 heterocycles. The van der Waals surface area contributed by atoms with E-state index in [2.05, 4.69) is 19.7 Å². The van der Waals surface area contributed by atoms with E-state index in [1.807, 2.05) is 19.9 Å². The number of hydrogen-bond donors (Lipinski definition) is 1. The minimum Gasteiger partial charge on any atom is -0.464 e. The Labute approximate surface area is 116 Å². The highest BCUT2D eigenvalue weighted by molar-refractivity contribution is 5.92. The first-order valence-electron chi connectivity index (χ1n) is 6.28. The van der Waals surface area contributed by atoms with Crippen LogP contribution in [0.1, 0.15) is 34.8 Å². The summed E-state index contributed by atoms with van der Waals surface area (Å²) in [4.78, 5) is 24.2. The quantitative estimate of drug-likeness (QED) is 0.835. The van der Waals surface area contributed by atoms with E-state index in [4.69, 9.17) is 5.73 Å². The lowest BCUT2D eigenvalue weighted by Gasteiger charge is -2.08. The Hall–Kier alpha value is -2.44. The third-order valence-electron chi connectivity index (χ3n) is 2.93. The zero-order chi connectivity index (χ0) is 14.7. The molecule has 0 radical (unpaired) electrons. The maximum absolute atomic E-state index is 11.6. The maximum atomic E-state index is 11.6. The summed E-state index contributed by atoms with van der Waals surface area (Å²) in [5, 5.41) is 0. The Bertz CT molecular complexity index is 636. The van der Waals surface area contributed by atoms with Gasteiger partial charge in [0, 0.05) is 12.6 Å². The van der Waals surface area contributed by atoms with Gasteiger partial charge in [-0.1, -0.05) is 6.92 Å². The Morgan fingerprint density at radius 2 is 2.20 bits per heavy atom. The number of hydrogen-bond acceptors (Lipinski definition) is 6. The van der Waals surface area contributed by atoms with Crippen molar-refractivity contribution in [1.82, 2.24) is 19.5 Å². The average molecular weight is 275 g/mol. The van der Waals surface area contributed by atoms with Crippen molar-refractivity contribution in [2.24, 2.45) is 0 Å². The topological polar surface area (TPSA) is 95.9 Å². The van der Waals surface area contributed by atoms with Gasteiger partial charge in [-0.25, -0.2) is 19.7 Å². The van der Waals surface area contributed by atoms with Crippen LogP contribution in [0.25, 0.3) is 0 Å². The van der Waals surface area contributed by atoms with Gasteiger partial charge >= 0.3 is 5.97 Å². The van der Waals surface area contributed by atoms with Crippen molar-refractivity contribution in [2.75, 3.05) is 12.8 Å². The first-order chi connectivity index (χ1) is 9.56. The minimum atomic E-state index is -0.533. The van der Waals surface area contributed by atoms with E-state index < -0.39 is 5.97 Å². The van der Waals surface area contributed by atoms with E-state index >= 15 is 0 Å². The zero-order valence-electron chi connectivity index (χ0n) is 11.8. The molecular formula is C13H17N5O2. The number of nitrogens with zero attached hydrogens (tertiary/aromatic N) is 4. The van der Waals surface area contributed by atoms with Crippen LogP contribution >= 0.6 is 0 Å². The van der Waals surface area contributed by atoms with Crippen LogP contribution in [0, 0.1) is 6.92 Å². The molecule has 0 aliphatic carbocycles. The van der Waals surface area contributed by atoms with E-state index in [1.54, 1.807) is 10.8 Å². The second-order valence-corrected chi connectivity index (χ2v) is 4.29. The highest BCUT2D eigenvalue weighted by Crippen LogP contribution is 2.17. The second kappa shape index (κ2) is 5.68. The number of carbonyl (C=O) groups excluding carboxylic acids is 1. The molecule has 0 unspecified atom stereocenters. The smallest absolute Gasteiger partial charge is 0.360 e. The van der Waals surface area contributed by atoms with Crippen LogP contribution in [0.15, 0.2) is 12.3 Å². The van der Waals surface area contributed by atoms with Crippen molar-refractivity contribution >= 4 is 11.8 Å². The molecule has 7 nitrogen and oxygen atoms in total. The van der Waals surface area contributed by atoms with E-state index in [9.17, 15) is 4.79 Å². The van der Waals surface area contributed by atoms with Crippen molar-refractivity contribution in [2.45, 2.75) is 26.8 Å². The molecule has 2 N–H and O–H groups in total. The first-order valence-corrected chi connectivity index (χ1v) is 6.28. The molecule has 0 aliphatic rings. The molecule has 0 spiro atoms. The number of nitrogens with two attached hydrogens (primary N) is 1. The summed E-state index contributed by atoms with van der Waals surface area (Å²) in [6, 6.07) is 1.81. The number of ether oxygens (including phenoxy) is 1. The van der Waals surface area contributed by atoms with E-state index in [-0.39, 0.29) is 5.69 Å². The van der Waals surface area contributed by atoms with Crippen molar-refractivity contribution in [3.8, 4) is 0 Å². The summed E-state index contributed by atoms with van der Waals surface area (Å²) < 4.78 is 6.45. The summed E-state index contributed by atoms with van der Waals surface area (Å²) in [5.74, 6) is 1.17. The third kappa shape index (κ3) is 2.61. The van der Waals surface area contributed by atoms with Gasteiger partial charge < -0.3 is 15.0 Å². The number of aromatic nitrogens is 4. The van der Waals surface area contributed by atoms with Crippen LogP contribution < -0.4 is 5.73 Å². The Kier molecular flexibility index (Phi) is 3.97. The number of anilines is 1. The predicted octanol–water partition coefficient (Wildman–Crippen LogP) is 0.961. The lowest BCUT2D eigenvalue weighted by atomic mass is 10.3. The molecule has 0 saturated heterocycles. The van der Waals surface area contributed by atoms with Crippen LogP contribution in [0.4, 0.5) is 5.82 Å². The van der Waals surface area contributed by atoms with Gasteiger partial charge in [0.15, 0.2) is 5.69 Å². The summed E-state index contributed by atoms with van der Waals surface area (Å²) in [6.07, 6.45) is 2.35. The molecular weight excluding hydrogens is 258 g/mol. The molecule has 0 atom stereocenters. The largest absolute Gasteiger partial charge is 0.464 e. The molecule has 7 heteroatoms. The minimum absolute atomic E-state index is 0.148. The van der Waals surface area contributed by atoms with Crippen molar-refractivity contribution < 1.29 is 9.53 Å². The molecule has 20 heavy (non-hydrogen) atoms. The molecule has 0 fully saturated rings. The third-order valence-corrected chi connectivity index (χ3v) is 2.93. The normalized spacial score (nSPS) is 10.6. The van der Waals surface area contributed by atoms with Gasteiger partial charge in [-0.15, -0.1) is 0 Å². The molecule has 106 valence electrons. The second-order valence-electron chi connectivity index (χ2n) is 4.29.